The lowest BCUT2D eigenvalue weighted by atomic mass is 10.4. The average molecular weight is 185 g/mol. The molecule has 4 heteroatoms. The molecule has 76 valence electrons. The molecule has 0 fully saturated rings. The molecular weight excluding hydrogens is 166 g/mol. The van der Waals surface area contributed by atoms with Crippen molar-refractivity contribution in [3.05, 3.63) is 0 Å². The van der Waals surface area contributed by atoms with Crippen LogP contribution in [-0.2, 0) is 4.79 Å². The largest absolute Gasteiger partial charge is 0.306 e. The highest BCUT2D eigenvalue weighted by atomic mass is 16.2. The van der Waals surface area contributed by atoms with Gasteiger partial charge < -0.3 is 5.32 Å². The predicted molar refractivity (Wildman–Crippen MR) is 54.7 cm³/mol. The SMILES string of the molecule is CC(C)=NN(C)C(=O)CNC(C)C. The average Bonchev–Trinajstić information content (AvgIpc) is 1.98. The van der Waals surface area contributed by atoms with Crippen molar-refractivity contribution in [2.75, 3.05) is 13.6 Å². The summed E-state index contributed by atoms with van der Waals surface area (Å²) in [5.41, 5.74) is 0.875. The number of nitrogens with zero attached hydrogens (tertiary/aromatic N) is 2. The Morgan fingerprint density at radius 3 is 2.38 bits per heavy atom. The van der Waals surface area contributed by atoms with Crippen LogP contribution in [0, 0.1) is 0 Å². The highest BCUT2D eigenvalue weighted by Gasteiger charge is 2.06. The molecule has 0 saturated carbocycles. The van der Waals surface area contributed by atoms with Crippen molar-refractivity contribution in [3.63, 3.8) is 0 Å². The van der Waals surface area contributed by atoms with Crippen LogP contribution in [-0.4, -0.2) is 36.3 Å². The molecule has 0 aromatic carbocycles. The molecule has 0 bridgehead atoms. The van der Waals surface area contributed by atoms with E-state index in [2.05, 4.69) is 10.4 Å². The number of nitrogens with one attached hydrogen (secondary N) is 1. The molecule has 1 N–H and O–H groups in total. The van der Waals surface area contributed by atoms with Gasteiger partial charge in [0.05, 0.1) is 6.54 Å². The van der Waals surface area contributed by atoms with E-state index in [1.165, 1.54) is 5.01 Å². The zero-order valence-corrected chi connectivity index (χ0v) is 9.09. The first-order chi connectivity index (χ1) is 5.93. The van der Waals surface area contributed by atoms with Crippen LogP contribution in [0.15, 0.2) is 5.10 Å². The van der Waals surface area contributed by atoms with Crippen LogP contribution >= 0.6 is 0 Å². The Labute approximate surface area is 80.0 Å². The number of carbonyl (C=O) groups is 1. The Morgan fingerprint density at radius 2 is 2.00 bits per heavy atom. The zero-order valence-electron chi connectivity index (χ0n) is 9.09. The topological polar surface area (TPSA) is 44.7 Å². The lowest BCUT2D eigenvalue weighted by Crippen LogP contribution is -2.36. The molecule has 0 aliphatic carbocycles. The molecule has 0 rings (SSSR count). The van der Waals surface area contributed by atoms with Gasteiger partial charge in [0.2, 0.25) is 0 Å². The molecule has 0 spiro atoms. The number of hydrogen-bond donors (Lipinski definition) is 1. The van der Waals surface area contributed by atoms with Gasteiger partial charge in [-0.1, -0.05) is 13.8 Å². The van der Waals surface area contributed by atoms with Gasteiger partial charge in [0.15, 0.2) is 0 Å². The summed E-state index contributed by atoms with van der Waals surface area (Å²) in [7, 11) is 1.66. The quantitative estimate of drug-likeness (QED) is 0.521. The van der Waals surface area contributed by atoms with Crippen LogP contribution in [0.2, 0.25) is 0 Å². The molecule has 0 atom stereocenters. The maximum absolute atomic E-state index is 11.3. The minimum absolute atomic E-state index is 0.0186. The maximum Gasteiger partial charge on any atom is 0.256 e. The van der Waals surface area contributed by atoms with Crippen molar-refractivity contribution in [1.82, 2.24) is 10.3 Å². The lowest BCUT2D eigenvalue weighted by Gasteiger charge is -2.13. The summed E-state index contributed by atoms with van der Waals surface area (Å²) in [4.78, 5) is 11.3. The molecule has 0 aliphatic rings. The van der Waals surface area contributed by atoms with Crippen LogP contribution in [0.25, 0.3) is 0 Å². The molecule has 0 radical (unpaired) electrons. The fourth-order valence-electron chi connectivity index (χ4n) is 0.762. The monoisotopic (exact) mass is 185 g/mol. The Morgan fingerprint density at radius 1 is 1.46 bits per heavy atom. The zero-order chi connectivity index (χ0) is 10.4. The van der Waals surface area contributed by atoms with Crippen LogP contribution < -0.4 is 5.32 Å². The molecule has 0 saturated heterocycles. The van der Waals surface area contributed by atoms with Gasteiger partial charge in [-0.15, -0.1) is 0 Å². The second-order valence-corrected chi connectivity index (χ2v) is 3.50. The number of rotatable bonds is 4. The molecule has 0 unspecified atom stereocenters. The van der Waals surface area contributed by atoms with Crippen LogP contribution in [0.1, 0.15) is 27.7 Å². The number of hydrazone groups is 1. The summed E-state index contributed by atoms with van der Waals surface area (Å²) in [6.45, 7) is 8.06. The third kappa shape index (κ3) is 6.28. The first kappa shape index (κ1) is 12.1. The van der Waals surface area contributed by atoms with Gasteiger partial charge in [-0.05, 0) is 13.8 Å². The molecular formula is C9H19N3O. The van der Waals surface area contributed by atoms with Gasteiger partial charge in [-0.25, -0.2) is 5.01 Å². The molecule has 1 amide bonds. The number of amides is 1. The fourth-order valence-corrected chi connectivity index (χ4v) is 0.762. The smallest absolute Gasteiger partial charge is 0.256 e. The van der Waals surface area contributed by atoms with E-state index in [9.17, 15) is 4.79 Å². The van der Waals surface area contributed by atoms with Gasteiger partial charge in [0.25, 0.3) is 5.91 Å². The van der Waals surface area contributed by atoms with Crippen molar-refractivity contribution < 1.29 is 4.79 Å². The third-order valence-corrected chi connectivity index (χ3v) is 1.37. The van der Waals surface area contributed by atoms with E-state index >= 15 is 0 Å². The summed E-state index contributed by atoms with van der Waals surface area (Å²) in [6.07, 6.45) is 0. The standard InChI is InChI=1S/C9H19N3O/c1-7(2)10-6-9(13)12(5)11-8(3)4/h7,10H,6H2,1-5H3. The molecule has 4 nitrogen and oxygen atoms in total. The van der Waals surface area contributed by atoms with Crippen molar-refractivity contribution in [3.8, 4) is 0 Å². The van der Waals surface area contributed by atoms with E-state index < -0.39 is 0 Å². The van der Waals surface area contributed by atoms with E-state index in [1.54, 1.807) is 7.05 Å². The van der Waals surface area contributed by atoms with E-state index in [1.807, 2.05) is 27.7 Å². The Kier molecular flexibility index (Phi) is 5.30. The summed E-state index contributed by atoms with van der Waals surface area (Å²) in [5.74, 6) is -0.0186. The Hall–Kier alpha value is -0.900. The lowest BCUT2D eigenvalue weighted by molar-refractivity contribution is -0.129. The summed E-state index contributed by atoms with van der Waals surface area (Å²) in [5, 5.41) is 8.42. The number of carbonyl (C=O) groups excluding carboxylic acids is 1. The summed E-state index contributed by atoms with van der Waals surface area (Å²) < 4.78 is 0. The van der Waals surface area contributed by atoms with Gasteiger partial charge in [0, 0.05) is 18.8 Å². The van der Waals surface area contributed by atoms with E-state index in [-0.39, 0.29) is 5.91 Å². The molecule has 13 heavy (non-hydrogen) atoms. The van der Waals surface area contributed by atoms with Gasteiger partial charge in [-0.3, -0.25) is 4.79 Å². The second-order valence-electron chi connectivity index (χ2n) is 3.50. The third-order valence-electron chi connectivity index (χ3n) is 1.37. The minimum atomic E-state index is -0.0186. The highest BCUT2D eigenvalue weighted by molar-refractivity contribution is 5.83. The van der Waals surface area contributed by atoms with E-state index in [4.69, 9.17) is 0 Å². The summed E-state index contributed by atoms with van der Waals surface area (Å²) >= 11 is 0. The fraction of sp³-hybridized carbons (Fsp3) is 0.778. The molecule has 0 aromatic heterocycles. The maximum atomic E-state index is 11.3. The minimum Gasteiger partial charge on any atom is -0.306 e. The highest BCUT2D eigenvalue weighted by Crippen LogP contribution is 1.87. The Bertz CT molecular complexity index is 195. The first-order valence-corrected chi connectivity index (χ1v) is 4.45. The predicted octanol–water partition coefficient (Wildman–Crippen LogP) is 0.839. The number of likely N-dealkylation sites (N-methyl/N-ethyl adjacent to an activating group) is 1. The van der Waals surface area contributed by atoms with Crippen molar-refractivity contribution in [2.45, 2.75) is 33.7 Å². The van der Waals surface area contributed by atoms with Gasteiger partial charge >= 0.3 is 0 Å². The van der Waals surface area contributed by atoms with Crippen LogP contribution in [0.5, 0.6) is 0 Å². The number of hydrogen-bond acceptors (Lipinski definition) is 3. The van der Waals surface area contributed by atoms with Gasteiger partial charge in [0.1, 0.15) is 0 Å². The van der Waals surface area contributed by atoms with Gasteiger partial charge in [-0.2, -0.15) is 5.10 Å². The Balaban J connectivity index is 3.90. The first-order valence-electron chi connectivity index (χ1n) is 4.45. The molecule has 0 aromatic rings. The van der Waals surface area contributed by atoms with Crippen LogP contribution in [0.4, 0.5) is 0 Å². The van der Waals surface area contributed by atoms with Crippen molar-refractivity contribution in [2.24, 2.45) is 5.10 Å². The van der Waals surface area contributed by atoms with E-state index in [0.717, 1.165) is 5.71 Å². The van der Waals surface area contributed by atoms with E-state index in [0.29, 0.717) is 12.6 Å². The normalized spacial score (nSPS) is 10.0. The van der Waals surface area contributed by atoms with Crippen molar-refractivity contribution >= 4 is 11.6 Å². The molecule has 0 heterocycles. The van der Waals surface area contributed by atoms with Crippen LogP contribution in [0.3, 0.4) is 0 Å². The van der Waals surface area contributed by atoms with Crippen molar-refractivity contribution in [1.29, 1.82) is 0 Å². The molecule has 0 aliphatic heterocycles. The summed E-state index contributed by atoms with van der Waals surface area (Å²) in [6, 6.07) is 0.323. The second kappa shape index (κ2) is 5.70.